The Morgan fingerprint density at radius 2 is 2.00 bits per heavy atom. The summed E-state index contributed by atoms with van der Waals surface area (Å²) in [4.78, 5) is 13.5. The monoisotopic (exact) mass is 324 g/mol. The molecular weight excluding hydrogens is 312 g/mol. The Labute approximate surface area is 135 Å². The average molecular weight is 324 g/mol. The molecule has 0 aliphatic rings. The molecule has 23 heavy (non-hydrogen) atoms. The summed E-state index contributed by atoms with van der Waals surface area (Å²) in [7, 11) is 1.65. The minimum absolute atomic E-state index is 0.465. The van der Waals surface area contributed by atoms with Crippen molar-refractivity contribution < 1.29 is 4.74 Å². The lowest BCUT2D eigenvalue weighted by Gasteiger charge is -2.02. The number of ether oxygens (including phenoxy) is 1. The lowest BCUT2D eigenvalue weighted by Crippen LogP contribution is -1.98. The zero-order chi connectivity index (χ0) is 15.6. The highest BCUT2D eigenvalue weighted by Crippen LogP contribution is 2.28. The molecule has 1 aromatic carbocycles. The SMILES string of the molecule is COc1cccc(-c2csc3nc(Nc4ncccn4)nn23)c1. The molecule has 3 heterocycles. The smallest absolute Gasteiger partial charge is 0.250 e. The van der Waals surface area contributed by atoms with E-state index in [0.717, 1.165) is 22.0 Å². The zero-order valence-electron chi connectivity index (χ0n) is 12.2. The van der Waals surface area contributed by atoms with Crippen molar-refractivity contribution in [2.24, 2.45) is 0 Å². The van der Waals surface area contributed by atoms with Crippen LogP contribution in [0.5, 0.6) is 5.75 Å². The van der Waals surface area contributed by atoms with Gasteiger partial charge in [0, 0.05) is 23.3 Å². The number of nitrogens with one attached hydrogen (secondary N) is 1. The molecule has 7 nitrogen and oxygen atoms in total. The van der Waals surface area contributed by atoms with Crippen LogP contribution in [0.25, 0.3) is 16.2 Å². The molecule has 0 fully saturated rings. The molecule has 0 aliphatic carbocycles. The second kappa shape index (κ2) is 5.65. The Bertz CT molecular complexity index is 949. The second-order valence-electron chi connectivity index (χ2n) is 4.68. The fourth-order valence-electron chi connectivity index (χ4n) is 2.18. The molecule has 114 valence electrons. The summed E-state index contributed by atoms with van der Waals surface area (Å²) in [5.41, 5.74) is 1.97. The van der Waals surface area contributed by atoms with Crippen LogP contribution in [0.1, 0.15) is 0 Å². The molecule has 0 unspecified atom stereocenters. The maximum atomic E-state index is 5.28. The van der Waals surface area contributed by atoms with E-state index >= 15 is 0 Å². The molecule has 1 N–H and O–H groups in total. The Hall–Kier alpha value is -3.00. The van der Waals surface area contributed by atoms with Crippen molar-refractivity contribution in [2.75, 3.05) is 12.4 Å². The highest BCUT2D eigenvalue weighted by molar-refractivity contribution is 7.15. The van der Waals surface area contributed by atoms with Crippen molar-refractivity contribution in [3.05, 3.63) is 48.1 Å². The predicted octanol–water partition coefficient (Wildman–Crippen LogP) is 3.00. The van der Waals surface area contributed by atoms with Crippen molar-refractivity contribution in [2.45, 2.75) is 0 Å². The Morgan fingerprint density at radius 3 is 2.83 bits per heavy atom. The van der Waals surface area contributed by atoms with E-state index in [2.05, 4.69) is 25.4 Å². The van der Waals surface area contributed by atoms with E-state index in [4.69, 9.17) is 4.74 Å². The van der Waals surface area contributed by atoms with Crippen LogP contribution in [0.3, 0.4) is 0 Å². The van der Waals surface area contributed by atoms with Crippen LogP contribution in [0.4, 0.5) is 11.9 Å². The summed E-state index contributed by atoms with van der Waals surface area (Å²) in [5.74, 6) is 1.74. The lowest BCUT2D eigenvalue weighted by atomic mass is 10.2. The maximum Gasteiger partial charge on any atom is 0.250 e. The van der Waals surface area contributed by atoms with Gasteiger partial charge < -0.3 is 4.74 Å². The summed E-state index contributed by atoms with van der Waals surface area (Å²) in [5, 5.41) is 9.50. The van der Waals surface area contributed by atoms with Gasteiger partial charge in [0.25, 0.3) is 5.95 Å². The highest BCUT2D eigenvalue weighted by atomic mass is 32.1. The number of fused-ring (bicyclic) bond motifs is 1. The van der Waals surface area contributed by atoms with Crippen LogP contribution < -0.4 is 10.1 Å². The number of hydrogen-bond donors (Lipinski definition) is 1. The molecule has 8 heteroatoms. The van der Waals surface area contributed by atoms with Crippen molar-refractivity contribution >= 4 is 28.2 Å². The van der Waals surface area contributed by atoms with Gasteiger partial charge in [-0.1, -0.05) is 12.1 Å². The van der Waals surface area contributed by atoms with Gasteiger partial charge in [-0.2, -0.15) is 4.98 Å². The van der Waals surface area contributed by atoms with Crippen LogP contribution in [0.15, 0.2) is 48.1 Å². The lowest BCUT2D eigenvalue weighted by molar-refractivity contribution is 0.415. The van der Waals surface area contributed by atoms with Gasteiger partial charge in [-0.25, -0.2) is 14.5 Å². The summed E-state index contributed by atoms with van der Waals surface area (Å²) in [6.07, 6.45) is 3.32. The van der Waals surface area contributed by atoms with Gasteiger partial charge in [-0.3, -0.25) is 5.32 Å². The fraction of sp³-hybridized carbons (Fsp3) is 0.0667. The van der Waals surface area contributed by atoms with E-state index in [0.29, 0.717) is 11.9 Å². The van der Waals surface area contributed by atoms with E-state index in [1.165, 1.54) is 11.3 Å². The third-order valence-corrected chi connectivity index (χ3v) is 4.05. The molecular formula is C15H12N6OS. The molecule has 0 atom stereocenters. The van der Waals surface area contributed by atoms with Gasteiger partial charge in [0.05, 0.1) is 12.8 Å². The third kappa shape index (κ3) is 2.59. The quantitative estimate of drug-likeness (QED) is 0.622. The van der Waals surface area contributed by atoms with Gasteiger partial charge >= 0.3 is 0 Å². The first-order valence-corrected chi connectivity index (χ1v) is 7.74. The summed E-state index contributed by atoms with van der Waals surface area (Å²) in [6.45, 7) is 0. The number of methoxy groups -OCH3 is 1. The molecule has 0 radical (unpaired) electrons. The predicted molar refractivity (Wildman–Crippen MR) is 88.2 cm³/mol. The fourth-order valence-corrected chi connectivity index (χ4v) is 3.01. The Balaban J connectivity index is 1.72. The van der Waals surface area contributed by atoms with E-state index in [1.807, 2.05) is 29.6 Å². The van der Waals surface area contributed by atoms with Crippen LogP contribution >= 0.6 is 11.3 Å². The molecule has 4 aromatic rings. The molecule has 0 aliphatic heterocycles. The van der Waals surface area contributed by atoms with Crippen LogP contribution in [-0.4, -0.2) is 31.7 Å². The number of hydrogen-bond acceptors (Lipinski definition) is 7. The largest absolute Gasteiger partial charge is 0.497 e. The van der Waals surface area contributed by atoms with Gasteiger partial charge in [0.2, 0.25) is 10.9 Å². The number of anilines is 2. The molecule has 0 saturated carbocycles. The van der Waals surface area contributed by atoms with Gasteiger partial charge in [-0.05, 0) is 18.2 Å². The zero-order valence-corrected chi connectivity index (χ0v) is 13.0. The number of nitrogens with zero attached hydrogens (tertiary/aromatic N) is 5. The summed E-state index contributed by atoms with van der Waals surface area (Å²) >= 11 is 1.52. The maximum absolute atomic E-state index is 5.28. The first-order chi connectivity index (χ1) is 11.3. The number of rotatable bonds is 4. The third-order valence-electron chi connectivity index (χ3n) is 3.24. The molecule has 0 spiro atoms. The average Bonchev–Trinajstić information content (AvgIpc) is 3.16. The molecule has 0 amide bonds. The van der Waals surface area contributed by atoms with Crippen molar-refractivity contribution in [1.29, 1.82) is 0 Å². The van der Waals surface area contributed by atoms with Crippen molar-refractivity contribution in [3.63, 3.8) is 0 Å². The molecule has 3 aromatic heterocycles. The molecule has 4 rings (SSSR count). The topological polar surface area (TPSA) is 77.2 Å². The number of thiazole rings is 1. The van der Waals surface area contributed by atoms with E-state index < -0.39 is 0 Å². The minimum atomic E-state index is 0.465. The van der Waals surface area contributed by atoms with Gasteiger partial charge in [0.15, 0.2) is 0 Å². The van der Waals surface area contributed by atoms with Gasteiger partial charge in [0.1, 0.15) is 5.75 Å². The van der Waals surface area contributed by atoms with Crippen molar-refractivity contribution in [3.8, 4) is 17.0 Å². The van der Waals surface area contributed by atoms with Crippen LogP contribution in [0, 0.1) is 0 Å². The minimum Gasteiger partial charge on any atom is -0.497 e. The van der Waals surface area contributed by atoms with E-state index in [-0.39, 0.29) is 0 Å². The molecule has 0 bridgehead atoms. The summed E-state index contributed by atoms with van der Waals surface area (Å²) < 4.78 is 7.07. The standard InChI is InChI=1S/C15H12N6OS/c1-22-11-5-2-4-10(8-11)12-9-23-15-19-14(20-21(12)15)18-13-16-6-3-7-17-13/h2-9H,1H3,(H,16,17,18,20). The Morgan fingerprint density at radius 1 is 1.13 bits per heavy atom. The summed E-state index contributed by atoms with van der Waals surface area (Å²) in [6, 6.07) is 9.60. The van der Waals surface area contributed by atoms with Crippen molar-refractivity contribution in [1.82, 2.24) is 24.6 Å². The Kier molecular flexibility index (Phi) is 3.35. The normalized spacial score (nSPS) is 10.8. The highest BCUT2D eigenvalue weighted by Gasteiger charge is 2.12. The van der Waals surface area contributed by atoms with Gasteiger partial charge in [-0.15, -0.1) is 16.4 Å². The van der Waals surface area contributed by atoms with Crippen LogP contribution in [0.2, 0.25) is 0 Å². The first-order valence-electron chi connectivity index (χ1n) is 6.86. The molecule has 0 saturated heterocycles. The van der Waals surface area contributed by atoms with E-state index in [1.54, 1.807) is 30.1 Å². The second-order valence-corrected chi connectivity index (χ2v) is 5.52. The van der Waals surface area contributed by atoms with Crippen LogP contribution in [-0.2, 0) is 0 Å². The van der Waals surface area contributed by atoms with E-state index in [9.17, 15) is 0 Å². The number of aromatic nitrogens is 5. The first kappa shape index (κ1) is 13.6. The number of benzene rings is 1.